The minimum atomic E-state index is -0.580. The number of rotatable bonds is 1. The molecule has 2 aliphatic rings. The van der Waals surface area contributed by atoms with Gasteiger partial charge in [0.2, 0.25) is 5.91 Å². The van der Waals surface area contributed by atoms with Gasteiger partial charge in [0, 0.05) is 11.1 Å². The van der Waals surface area contributed by atoms with E-state index in [1.807, 2.05) is 73.6 Å². The second-order valence-electron chi connectivity index (χ2n) is 7.63. The van der Waals surface area contributed by atoms with Crippen LogP contribution >= 0.6 is 0 Å². The van der Waals surface area contributed by atoms with E-state index in [2.05, 4.69) is 5.32 Å². The molecule has 0 spiro atoms. The smallest absolute Gasteiger partial charge is 0.333 e. The van der Waals surface area contributed by atoms with Crippen LogP contribution in [-0.4, -0.2) is 27.9 Å². The van der Waals surface area contributed by atoms with Crippen LogP contribution in [0.15, 0.2) is 0 Å². The van der Waals surface area contributed by atoms with Crippen LogP contribution in [0.2, 0.25) is 0 Å². The van der Waals surface area contributed by atoms with Gasteiger partial charge < -0.3 is 5.32 Å². The normalized spacial score (nSPS) is 18.0. The van der Waals surface area contributed by atoms with E-state index in [4.69, 9.17) is 0 Å². The number of carbonyl (C=O) groups excluding carboxylic acids is 2. The minimum Gasteiger partial charge on any atom is -0.333 e. The molecule has 2 fully saturated rings. The number of nitrogens with one attached hydrogen (secondary N) is 1. The Morgan fingerprint density at radius 1 is 0.800 bits per heavy atom. The molecule has 25 heavy (non-hydrogen) atoms. The monoisotopic (exact) mass is 384 g/mol. The molecule has 2 aliphatic carbocycles. The van der Waals surface area contributed by atoms with Gasteiger partial charge in [-0.25, -0.2) is 4.79 Å². The molecular weight excluding hydrogens is 356 g/mol. The third-order valence-electron chi connectivity index (χ3n) is 3.02. The zero-order valence-electron chi connectivity index (χ0n) is 15.8. The second-order valence-corrected chi connectivity index (χ2v) is 7.63. The fraction of sp³-hybridized carbons (Fsp3) is 0.400. The van der Waals surface area contributed by atoms with Gasteiger partial charge in [0.25, 0.3) is 0 Å². The second kappa shape index (κ2) is 10.6. The van der Waals surface area contributed by atoms with Crippen LogP contribution < -0.4 is 5.32 Å². The molecule has 136 valence electrons. The number of imide groups is 1. The molecule has 0 aromatic heterocycles. The van der Waals surface area contributed by atoms with Gasteiger partial charge in [0.1, 0.15) is 0 Å². The van der Waals surface area contributed by atoms with Gasteiger partial charge in [-0.2, -0.15) is 0 Å². The van der Waals surface area contributed by atoms with Crippen molar-refractivity contribution in [2.24, 2.45) is 0 Å². The zero-order chi connectivity index (χ0) is 18.4. The molecule has 0 atom stereocenters. The van der Waals surface area contributed by atoms with E-state index in [0.717, 1.165) is 0 Å². The number of urea groups is 1. The van der Waals surface area contributed by atoms with E-state index < -0.39 is 5.54 Å². The van der Waals surface area contributed by atoms with Gasteiger partial charge >= 0.3 is 23.1 Å². The summed E-state index contributed by atoms with van der Waals surface area (Å²) in [6.07, 6.45) is 17.0. The van der Waals surface area contributed by atoms with Crippen molar-refractivity contribution in [3.8, 4) is 0 Å². The Morgan fingerprint density at radius 3 is 1.52 bits per heavy atom. The summed E-state index contributed by atoms with van der Waals surface area (Å²) in [6.45, 7) is 11.2. The summed E-state index contributed by atoms with van der Waals surface area (Å²) >= 11 is 0. The molecule has 0 heterocycles. The first-order chi connectivity index (χ1) is 11.0. The standard InChI is InChI=1S/C15H23N2O2.C5H5.Fe/c1-14(2,3)16-13(19)17(15(4,5)6)12(18)11-9-7-8-10-11;1-2-4-5-3-1;/h7-10H,1-6H3,(H,16,19);1-5H;/q;;+2. The molecule has 0 aromatic rings. The summed E-state index contributed by atoms with van der Waals surface area (Å²) in [6, 6.07) is -0.369. The SMILES string of the molecule is CC(C)(C)NC(=O)N(C(=O)[C]1[CH][CH][CH][CH]1)C(C)(C)C.[CH]1[CH][CH][CH][CH]1.[Fe+2]. The Labute approximate surface area is 165 Å². The molecule has 1 N–H and O–H groups in total. The van der Waals surface area contributed by atoms with Gasteiger partial charge in [-0.15, -0.1) is 0 Å². The van der Waals surface area contributed by atoms with Crippen LogP contribution in [-0.2, 0) is 21.9 Å². The Hall–Kier alpha value is -0.541. The van der Waals surface area contributed by atoms with Crippen molar-refractivity contribution in [2.75, 3.05) is 0 Å². The van der Waals surface area contributed by atoms with Crippen LogP contribution in [0.4, 0.5) is 4.79 Å². The van der Waals surface area contributed by atoms with Crippen molar-refractivity contribution in [3.05, 3.63) is 63.7 Å². The first-order valence-corrected chi connectivity index (χ1v) is 8.07. The van der Waals surface area contributed by atoms with Crippen LogP contribution in [0.1, 0.15) is 41.5 Å². The van der Waals surface area contributed by atoms with E-state index >= 15 is 0 Å². The Balaban J connectivity index is 0.000000820. The Bertz CT molecular complexity index is 407. The fourth-order valence-electron chi connectivity index (χ4n) is 2.04. The average Bonchev–Trinajstić information content (AvgIpc) is 3.12. The largest absolute Gasteiger partial charge is 2.00 e. The molecule has 0 aromatic carbocycles. The van der Waals surface area contributed by atoms with Crippen molar-refractivity contribution in [3.63, 3.8) is 0 Å². The van der Waals surface area contributed by atoms with E-state index in [1.54, 1.807) is 25.7 Å². The number of hydrogen-bond acceptors (Lipinski definition) is 2. The summed E-state index contributed by atoms with van der Waals surface area (Å²) in [7, 11) is 0. The first kappa shape index (κ1) is 24.5. The minimum absolute atomic E-state index is 0. The van der Waals surface area contributed by atoms with Crippen molar-refractivity contribution in [1.82, 2.24) is 10.2 Å². The molecule has 2 saturated carbocycles. The number of hydrogen-bond donors (Lipinski definition) is 1. The summed E-state index contributed by atoms with van der Waals surface area (Å²) in [5.74, 6) is 0.248. The molecule has 4 nitrogen and oxygen atoms in total. The van der Waals surface area contributed by atoms with Gasteiger partial charge in [-0.3, -0.25) is 9.69 Å². The molecule has 0 saturated heterocycles. The van der Waals surface area contributed by atoms with Crippen molar-refractivity contribution in [2.45, 2.75) is 52.6 Å². The third kappa shape index (κ3) is 9.10. The van der Waals surface area contributed by atoms with Crippen molar-refractivity contribution < 1.29 is 26.7 Å². The molecule has 0 aliphatic heterocycles. The van der Waals surface area contributed by atoms with Gasteiger partial charge in [-0.1, -0.05) is 0 Å². The summed E-state index contributed by atoms with van der Waals surface area (Å²) in [5.41, 5.74) is -0.962. The number of amides is 3. The van der Waals surface area contributed by atoms with Crippen molar-refractivity contribution in [1.29, 1.82) is 0 Å². The van der Waals surface area contributed by atoms with Gasteiger partial charge in [0.05, 0.1) is 5.92 Å². The predicted molar refractivity (Wildman–Crippen MR) is 96.8 cm³/mol. The molecule has 5 heteroatoms. The van der Waals surface area contributed by atoms with Crippen molar-refractivity contribution >= 4 is 11.9 Å². The maximum atomic E-state index is 12.4. The van der Waals surface area contributed by atoms with Crippen LogP contribution in [0.5, 0.6) is 0 Å². The maximum Gasteiger partial charge on any atom is 2.00 e. The number of nitrogens with zero attached hydrogens (tertiary/aromatic N) is 1. The quantitative estimate of drug-likeness (QED) is 0.703. The molecule has 0 bridgehead atoms. The topological polar surface area (TPSA) is 49.4 Å². The molecular formula is C20H28FeN2O2+2. The number of carbonyl (C=O) groups is 2. The Kier molecular flexibility index (Phi) is 10.3. The van der Waals surface area contributed by atoms with E-state index in [1.165, 1.54) is 4.90 Å². The maximum absolute atomic E-state index is 12.4. The summed E-state index contributed by atoms with van der Waals surface area (Å²) in [4.78, 5) is 26.1. The van der Waals surface area contributed by atoms with E-state index in [-0.39, 0.29) is 34.5 Å². The first-order valence-electron chi connectivity index (χ1n) is 8.07. The molecule has 10 radical (unpaired) electrons. The van der Waals surface area contributed by atoms with Crippen LogP contribution in [0, 0.1) is 63.7 Å². The molecule has 3 amide bonds. The molecule has 0 unspecified atom stereocenters. The van der Waals surface area contributed by atoms with E-state index in [9.17, 15) is 9.59 Å². The molecule has 2 rings (SSSR count). The average molecular weight is 384 g/mol. The third-order valence-corrected chi connectivity index (χ3v) is 3.02. The van der Waals surface area contributed by atoms with Gasteiger partial charge in [0.15, 0.2) is 0 Å². The van der Waals surface area contributed by atoms with Gasteiger partial charge in [-0.05, 0) is 99.3 Å². The van der Waals surface area contributed by atoms with Crippen LogP contribution in [0.25, 0.3) is 0 Å². The summed E-state index contributed by atoms with van der Waals surface area (Å²) < 4.78 is 0. The van der Waals surface area contributed by atoms with E-state index in [0.29, 0.717) is 5.92 Å². The fourth-order valence-corrected chi connectivity index (χ4v) is 2.04. The van der Waals surface area contributed by atoms with Crippen LogP contribution in [0.3, 0.4) is 0 Å². The zero-order valence-corrected chi connectivity index (χ0v) is 16.9. The Morgan fingerprint density at radius 2 is 1.20 bits per heavy atom. The predicted octanol–water partition coefficient (Wildman–Crippen LogP) is 3.55. The summed E-state index contributed by atoms with van der Waals surface area (Å²) in [5, 5.41) is 2.83.